The molecule has 8 heteroatoms. The van der Waals surface area contributed by atoms with Gasteiger partial charge in [-0.05, 0) is 19.1 Å². The highest BCUT2D eigenvalue weighted by Gasteiger charge is 2.27. The van der Waals surface area contributed by atoms with Crippen LogP contribution in [0.1, 0.15) is 17.5 Å². The van der Waals surface area contributed by atoms with E-state index in [1.54, 1.807) is 13.0 Å². The zero-order valence-electron chi connectivity index (χ0n) is 11.9. The van der Waals surface area contributed by atoms with Gasteiger partial charge in [0.15, 0.2) is 0 Å². The first-order valence-corrected chi connectivity index (χ1v) is 7.62. The van der Waals surface area contributed by atoms with E-state index in [4.69, 9.17) is 13.9 Å². The van der Waals surface area contributed by atoms with Crippen molar-refractivity contribution in [2.75, 3.05) is 25.5 Å². The molecule has 22 heavy (non-hydrogen) atoms. The topological polar surface area (TPSA) is 86.0 Å². The van der Waals surface area contributed by atoms with Crippen molar-refractivity contribution in [3.63, 3.8) is 0 Å². The third-order valence-electron chi connectivity index (χ3n) is 2.71. The second kappa shape index (κ2) is 7.69. The molecule has 2 rings (SSSR count). The molecule has 0 aliphatic carbocycles. The minimum Gasteiger partial charge on any atom is -0.463 e. The molecule has 1 aromatic rings. The highest BCUT2D eigenvalue weighted by Crippen LogP contribution is 2.28. The van der Waals surface area contributed by atoms with Gasteiger partial charge < -0.3 is 18.8 Å². The number of amides is 1. The molecular weight excluding hydrogens is 310 g/mol. The lowest BCUT2D eigenvalue weighted by Crippen LogP contribution is -2.29. The maximum Gasteiger partial charge on any atom is 0.374 e. The van der Waals surface area contributed by atoms with Crippen LogP contribution in [-0.2, 0) is 19.1 Å². The SMILES string of the molecule is CCOC(=O)/C=C1\SCC(=O)N1CCOC(=O)c1ccco1. The molecule has 2 heterocycles. The van der Waals surface area contributed by atoms with Crippen molar-refractivity contribution in [2.24, 2.45) is 0 Å². The average molecular weight is 325 g/mol. The zero-order valence-corrected chi connectivity index (χ0v) is 12.8. The van der Waals surface area contributed by atoms with Crippen molar-refractivity contribution in [3.05, 3.63) is 35.3 Å². The summed E-state index contributed by atoms with van der Waals surface area (Å²) in [6.45, 7) is 2.15. The van der Waals surface area contributed by atoms with Crippen LogP contribution in [0.4, 0.5) is 0 Å². The van der Waals surface area contributed by atoms with Gasteiger partial charge in [0.05, 0.1) is 36.3 Å². The Hall–Kier alpha value is -2.22. The zero-order chi connectivity index (χ0) is 15.9. The minimum atomic E-state index is -0.597. The van der Waals surface area contributed by atoms with Gasteiger partial charge >= 0.3 is 11.9 Å². The highest BCUT2D eigenvalue weighted by molar-refractivity contribution is 8.04. The van der Waals surface area contributed by atoms with Crippen molar-refractivity contribution in [2.45, 2.75) is 6.92 Å². The summed E-state index contributed by atoms with van der Waals surface area (Å²) in [5, 5.41) is 0.498. The Morgan fingerprint density at radius 2 is 2.27 bits per heavy atom. The monoisotopic (exact) mass is 325 g/mol. The van der Waals surface area contributed by atoms with Crippen molar-refractivity contribution >= 4 is 29.6 Å². The summed E-state index contributed by atoms with van der Waals surface area (Å²) in [4.78, 5) is 36.2. The normalized spacial score (nSPS) is 16.1. The van der Waals surface area contributed by atoms with Crippen LogP contribution in [-0.4, -0.2) is 48.3 Å². The molecule has 1 aromatic heterocycles. The fraction of sp³-hybridized carbons (Fsp3) is 0.357. The van der Waals surface area contributed by atoms with Gasteiger partial charge in [-0.1, -0.05) is 11.8 Å². The van der Waals surface area contributed by atoms with Crippen molar-refractivity contribution in [3.8, 4) is 0 Å². The van der Waals surface area contributed by atoms with Gasteiger partial charge in [0.25, 0.3) is 0 Å². The van der Waals surface area contributed by atoms with E-state index < -0.39 is 11.9 Å². The van der Waals surface area contributed by atoms with E-state index in [-0.39, 0.29) is 37.2 Å². The molecule has 7 nitrogen and oxygen atoms in total. The molecule has 118 valence electrons. The molecule has 0 spiro atoms. The molecule has 0 bridgehead atoms. The Balaban J connectivity index is 1.88. The number of esters is 2. The Labute approximate surface area is 131 Å². The van der Waals surface area contributed by atoms with E-state index >= 15 is 0 Å². The maximum absolute atomic E-state index is 11.8. The molecule has 1 fully saturated rings. The van der Waals surface area contributed by atoms with Crippen LogP contribution in [0.15, 0.2) is 33.9 Å². The average Bonchev–Trinajstić information content (AvgIpc) is 3.12. The predicted molar refractivity (Wildman–Crippen MR) is 77.9 cm³/mol. The molecule has 0 radical (unpaired) electrons. The van der Waals surface area contributed by atoms with Crippen molar-refractivity contribution < 1.29 is 28.3 Å². The summed E-state index contributed by atoms with van der Waals surface area (Å²) in [6, 6.07) is 3.07. The summed E-state index contributed by atoms with van der Waals surface area (Å²) in [5.41, 5.74) is 0. The number of ether oxygens (including phenoxy) is 2. The van der Waals surface area contributed by atoms with E-state index in [1.807, 2.05) is 0 Å². The van der Waals surface area contributed by atoms with Crippen LogP contribution in [0.25, 0.3) is 0 Å². The summed E-state index contributed by atoms with van der Waals surface area (Å²) < 4.78 is 14.7. The van der Waals surface area contributed by atoms with Crippen LogP contribution in [0.3, 0.4) is 0 Å². The van der Waals surface area contributed by atoms with Gasteiger partial charge in [0, 0.05) is 0 Å². The van der Waals surface area contributed by atoms with Crippen LogP contribution >= 0.6 is 11.8 Å². The molecule has 1 aliphatic rings. The summed E-state index contributed by atoms with van der Waals surface area (Å²) >= 11 is 1.25. The number of hydrogen-bond acceptors (Lipinski definition) is 7. The number of nitrogens with zero attached hydrogens (tertiary/aromatic N) is 1. The number of furan rings is 1. The molecule has 0 saturated carbocycles. The molecule has 0 unspecified atom stereocenters. The molecular formula is C14H15NO6S. The summed E-state index contributed by atoms with van der Waals surface area (Å²) in [5.74, 6) is -0.895. The summed E-state index contributed by atoms with van der Waals surface area (Å²) in [6.07, 6.45) is 2.64. The Bertz CT molecular complexity index is 580. The van der Waals surface area contributed by atoms with E-state index in [2.05, 4.69) is 0 Å². The van der Waals surface area contributed by atoms with E-state index in [9.17, 15) is 14.4 Å². The largest absolute Gasteiger partial charge is 0.463 e. The molecule has 0 N–H and O–H groups in total. The van der Waals surface area contributed by atoms with Crippen LogP contribution in [0.5, 0.6) is 0 Å². The van der Waals surface area contributed by atoms with Gasteiger partial charge in [-0.3, -0.25) is 4.79 Å². The Kier molecular flexibility index (Phi) is 5.65. The quantitative estimate of drug-likeness (QED) is 0.577. The van der Waals surface area contributed by atoms with Crippen molar-refractivity contribution in [1.82, 2.24) is 4.90 Å². The van der Waals surface area contributed by atoms with Crippen LogP contribution in [0.2, 0.25) is 0 Å². The number of rotatable bonds is 6. The maximum atomic E-state index is 11.8. The molecule has 1 amide bonds. The smallest absolute Gasteiger partial charge is 0.374 e. The summed E-state index contributed by atoms with van der Waals surface area (Å²) in [7, 11) is 0. The lowest BCUT2D eigenvalue weighted by molar-refractivity contribution is -0.137. The van der Waals surface area contributed by atoms with Gasteiger partial charge in [0.1, 0.15) is 6.61 Å². The van der Waals surface area contributed by atoms with Crippen LogP contribution in [0, 0.1) is 0 Å². The lowest BCUT2D eigenvalue weighted by atomic mass is 10.4. The Morgan fingerprint density at radius 3 is 2.95 bits per heavy atom. The number of carbonyl (C=O) groups excluding carboxylic acids is 3. The third kappa shape index (κ3) is 4.14. The third-order valence-corrected chi connectivity index (χ3v) is 3.73. The van der Waals surface area contributed by atoms with Gasteiger partial charge in [-0.25, -0.2) is 9.59 Å². The van der Waals surface area contributed by atoms with Crippen LogP contribution < -0.4 is 0 Å². The van der Waals surface area contributed by atoms with Gasteiger partial charge in [0.2, 0.25) is 11.7 Å². The second-order valence-corrected chi connectivity index (χ2v) is 5.18. The fourth-order valence-corrected chi connectivity index (χ4v) is 2.70. The van der Waals surface area contributed by atoms with Gasteiger partial charge in [-0.2, -0.15) is 0 Å². The number of hydrogen-bond donors (Lipinski definition) is 0. The first-order chi connectivity index (χ1) is 10.6. The van der Waals surface area contributed by atoms with Crippen molar-refractivity contribution in [1.29, 1.82) is 0 Å². The predicted octanol–water partition coefficient (Wildman–Crippen LogP) is 1.42. The van der Waals surface area contributed by atoms with E-state index in [0.717, 1.165) is 0 Å². The van der Waals surface area contributed by atoms with Gasteiger partial charge in [-0.15, -0.1) is 0 Å². The molecule has 1 saturated heterocycles. The number of carbonyl (C=O) groups is 3. The number of thioether (sulfide) groups is 1. The second-order valence-electron chi connectivity index (χ2n) is 4.18. The standard InChI is InChI=1S/C14H15NO6S/c1-2-19-13(17)8-12-15(11(16)9-22-12)5-7-21-14(18)10-4-3-6-20-10/h3-4,6,8H,2,5,7,9H2,1H3/b12-8-. The van der Waals surface area contributed by atoms with E-state index in [0.29, 0.717) is 5.03 Å². The first kappa shape index (κ1) is 16.2. The van der Waals surface area contributed by atoms with E-state index in [1.165, 1.54) is 35.1 Å². The minimum absolute atomic E-state index is 0.00595. The fourth-order valence-electron chi connectivity index (χ4n) is 1.75. The molecule has 0 aromatic carbocycles. The highest BCUT2D eigenvalue weighted by atomic mass is 32.2. The first-order valence-electron chi connectivity index (χ1n) is 6.64. The lowest BCUT2D eigenvalue weighted by Gasteiger charge is -2.16. The molecule has 0 atom stereocenters. The molecule has 1 aliphatic heterocycles. The Morgan fingerprint density at radius 1 is 1.45 bits per heavy atom.